The van der Waals surface area contributed by atoms with E-state index in [0.717, 1.165) is 52.2 Å². The zero-order valence-electron chi connectivity index (χ0n) is 16.7. The average molecular weight is 383 g/mol. The number of hydrogen-bond donors (Lipinski definition) is 1. The second kappa shape index (κ2) is 8.75. The Labute approximate surface area is 162 Å². The standard InChI is InChI=1S/C19H34N4O4/c1-3-20-11-13-21(14-12-20)7-4-8-23-15-19(27-18(23)26)5-9-22(10-6-19)17(25)16(2)24/h16,24H,3-15H2,1-2H3/t16-/m0/s1. The SMILES string of the molecule is CCN1CCN(CCCN2CC3(CCN(C(=O)[C@H](C)O)CC3)OC2=O)CC1. The van der Waals surface area contributed by atoms with E-state index in [-0.39, 0.29) is 12.0 Å². The van der Waals surface area contributed by atoms with Crippen LogP contribution in [0.15, 0.2) is 0 Å². The van der Waals surface area contributed by atoms with Gasteiger partial charge >= 0.3 is 6.09 Å². The molecule has 3 aliphatic rings. The highest BCUT2D eigenvalue weighted by Crippen LogP contribution is 2.33. The third kappa shape index (κ3) is 4.92. The van der Waals surface area contributed by atoms with E-state index in [1.54, 1.807) is 4.90 Å². The summed E-state index contributed by atoms with van der Waals surface area (Å²) in [6, 6.07) is 0. The molecule has 0 unspecified atom stereocenters. The predicted octanol–water partition coefficient (Wildman–Crippen LogP) is 0.208. The molecule has 0 radical (unpaired) electrons. The van der Waals surface area contributed by atoms with Crippen molar-refractivity contribution in [3.63, 3.8) is 0 Å². The number of amides is 2. The Bertz CT molecular complexity index is 526. The highest BCUT2D eigenvalue weighted by molar-refractivity contribution is 5.80. The molecule has 8 nitrogen and oxygen atoms in total. The summed E-state index contributed by atoms with van der Waals surface area (Å²) in [5, 5.41) is 9.46. The molecule has 0 aromatic carbocycles. The molecular formula is C19H34N4O4. The summed E-state index contributed by atoms with van der Waals surface area (Å²) < 4.78 is 5.73. The van der Waals surface area contributed by atoms with Gasteiger partial charge in [0.2, 0.25) is 0 Å². The molecule has 1 spiro atoms. The lowest BCUT2D eigenvalue weighted by Gasteiger charge is -2.37. The fraction of sp³-hybridized carbons (Fsp3) is 0.895. The summed E-state index contributed by atoms with van der Waals surface area (Å²) in [6.45, 7) is 12.7. The number of piperidine rings is 1. The van der Waals surface area contributed by atoms with Crippen molar-refractivity contribution >= 4 is 12.0 Å². The first-order valence-corrected chi connectivity index (χ1v) is 10.3. The molecule has 2 amide bonds. The summed E-state index contributed by atoms with van der Waals surface area (Å²) in [4.78, 5) is 32.6. The van der Waals surface area contributed by atoms with Crippen LogP contribution in [-0.4, -0.2) is 114 Å². The summed E-state index contributed by atoms with van der Waals surface area (Å²) in [5.41, 5.74) is -0.459. The monoisotopic (exact) mass is 382 g/mol. The summed E-state index contributed by atoms with van der Waals surface area (Å²) in [5.74, 6) is -0.241. The highest BCUT2D eigenvalue weighted by atomic mass is 16.6. The Morgan fingerprint density at radius 1 is 1.11 bits per heavy atom. The fourth-order valence-corrected chi connectivity index (χ4v) is 4.34. The number of carbonyl (C=O) groups is 2. The van der Waals surface area contributed by atoms with Crippen LogP contribution in [0.1, 0.15) is 33.1 Å². The van der Waals surface area contributed by atoms with Crippen molar-refractivity contribution in [3.8, 4) is 0 Å². The fourth-order valence-electron chi connectivity index (χ4n) is 4.34. The number of likely N-dealkylation sites (N-methyl/N-ethyl adjacent to an activating group) is 1. The molecule has 27 heavy (non-hydrogen) atoms. The second-order valence-electron chi connectivity index (χ2n) is 8.10. The number of ether oxygens (including phenoxy) is 1. The van der Waals surface area contributed by atoms with E-state index in [0.29, 0.717) is 32.5 Å². The van der Waals surface area contributed by atoms with Gasteiger partial charge < -0.3 is 29.4 Å². The van der Waals surface area contributed by atoms with Gasteiger partial charge in [0.25, 0.3) is 5.91 Å². The first-order valence-electron chi connectivity index (χ1n) is 10.3. The first-order chi connectivity index (χ1) is 12.9. The third-order valence-electron chi connectivity index (χ3n) is 6.20. The lowest BCUT2D eigenvalue weighted by atomic mass is 9.91. The van der Waals surface area contributed by atoms with Crippen molar-refractivity contribution in [1.29, 1.82) is 0 Å². The first kappa shape index (κ1) is 20.4. The lowest BCUT2D eigenvalue weighted by Crippen LogP contribution is -2.50. The van der Waals surface area contributed by atoms with Gasteiger partial charge in [-0.3, -0.25) is 4.79 Å². The van der Waals surface area contributed by atoms with E-state index in [1.807, 2.05) is 4.90 Å². The number of nitrogens with zero attached hydrogens (tertiary/aromatic N) is 4. The Hall–Kier alpha value is -1.38. The van der Waals surface area contributed by atoms with Gasteiger partial charge in [0.15, 0.2) is 0 Å². The van der Waals surface area contributed by atoms with Crippen molar-refractivity contribution in [3.05, 3.63) is 0 Å². The molecule has 154 valence electrons. The van der Waals surface area contributed by atoms with E-state index in [4.69, 9.17) is 4.74 Å². The molecule has 8 heteroatoms. The molecule has 1 atom stereocenters. The molecule has 0 aromatic rings. The highest BCUT2D eigenvalue weighted by Gasteiger charge is 2.47. The Balaban J connectivity index is 1.40. The molecule has 3 rings (SSSR count). The number of hydrogen-bond acceptors (Lipinski definition) is 6. The molecule has 0 aliphatic carbocycles. The minimum absolute atomic E-state index is 0.221. The molecule has 0 aromatic heterocycles. The number of likely N-dealkylation sites (tertiary alicyclic amines) is 1. The molecular weight excluding hydrogens is 348 g/mol. The van der Waals surface area contributed by atoms with Gasteiger partial charge in [0.05, 0.1) is 6.54 Å². The van der Waals surface area contributed by atoms with Crippen LogP contribution in [-0.2, 0) is 9.53 Å². The zero-order chi connectivity index (χ0) is 19.4. The maximum atomic E-state index is 12.3. The minimum Gasteiger partial charge on any atom is -0.441 e. The van der Waals surface area contributed by atoms with Crippen LogP contribution in [0.2, 0.25) is 0 Å². The smallest absolute Gasteiger partial charge is 0.410 e. The number of rotatable bonds is 6. The summed E-state index contributed by atoms with van der Waals surface area (Å²) in [7, 11) is 0. The summed E-state index contributed by atoms with van der Waals surface area (Å²) >= 11 is 0. The van der Waals surface area contributed by atoms with Crippen LogP contribution in [0.3, 0.4) is 0 Å². The maximum absolute atomic E-state index is 12.3. The third-order valence-corrected chi connectivity index (χ3v) is 6.20. The van der Waals surface area contributed by atoms with Gasteiger partial charge in [0.1, 0.15) is 11.7 Å². The van der Waals surface area contributed by atoms with Gasteiger partial charge in [-0.2, -0.15) is 0 Å². The molecule has 3 saturated heterocycles. The van der Waals surface area contributed by atoms with Gasteiger partial charge in [0, 0.05) is 58.7 Å². The molecule has 3 fully saturated rings. The Morgan fingerprint density at radius 3 is 2.33 bits per heavy atom. The zero-order valence-corrected chi connectivity index (χ0v) is 16.7. The van der Waals surface area contributed by atoms with Crippen LogP contribution in [0, 0.1) is 0 Å². The van der Waals surface area contributed by atoms with Gasteiger partial charge in [-0.15, -0.1) is 0 Å². The molecule has 0 saturated carbocycles. The minimum atomic E-state index is -0.971. The maximum Gasteiger partial charge on any atom is 0.410 e. The van der Waals surface area contributed by atoms with Crippen molar-refractivity contribution < 1.29 is 19.4 Å². The summed E-state index contributed by atoms with van der Waals surface area (Å²) in [6.07, 6.45) is 1.06. The number of aliphatic hydroxyl groups excluding tert-OH is 1. The van der Waals surface area contributed by atoms with Crippen LogP contribution in [0.25, 0.3) is 0 Å². The Morgan fingerprint density at radius 2 is 1.74 bits per heavy atom. The van der Waals surface area contributed by atoms with E-state index in [1.165, 1.54) is 6.92 Å². The molecule has 1 N–H and O–H groups in total. The van der Waals surface area contributed by atoms with Gasteiger partial charge in [-0.05, 0) is 26.4 Å². The number of aliphatic hydroxyl groups is 1. The van der Waals surface area contributed by atoms with E-state index in [9.17, 15) is 14.7 Å². The second-order valence-corrected chi connectivity index (χ2v) is 8.10. The van der Waals surface area contributed by atoms with E-state index >= 15 is 0 Å². The van der Waals surface area contributed by atoms with E-state index < -0.39 is 11.7 Å². The quantitative estimate of drug-likeness (QED) is 0.708. The van der Waals surface area contributed by atoms with Crippen LogP contribution in [0.5, 0.6) is 0 Å². The predicted molar refractivity (Wildman–Crippen MR) is 101 cm³/mol. The molecule has 3 aliphatic heterocycles. The van der Waals surface area contributed by atoms with Crippen LogP contribution < -0.4 is 0 Å². The van der Waals surface area contributed by atoms with Crippen molar-refractivity contribution in [2.24, 2.45) is 0 Å². The molecule has 0 bridgehead atoms. The normalized spacial score (nSPS) is 25.1. The van der Waals surface area contributed by atoms with Gasteiger partial charge in [-0.25, -0.2) is 4.79 Å². The van der Waals surface area contributed by atoms with Crippen molar-refractivity contribution in [2.45, 2.75) is 44.8 Å². The van der Waals surface area contributed by atoms with Crippen LogP contribution in [0.4, 0.5) is 4.79 Å². The average Bonchev–Trinajstić information content (AvgIpc) is 2.97. The van der Waals surface area contributed by atoms with Crippen molar-refractivity contribution in [2.75, 3.05) is 65.4 Å². The topological polar surface area (TPSA) is 76.6 Å². The lowest BCUT2D eigenvalue weighted by molar-refractivity contribution is -0.142. The Kier molecular flexibility index (Phi) is 6.60. The number of carbonyl (C=O) groups excluding carboxylic acids is 2. The molecule has 3 heterocycles. The van der Waals surface area contributed by atoms with Crippen LogP contribution >= 0.6 is 0 Å². The number of piperazine rings is 1. The van der Waals surface area contributed by atoms with Gasteiger partial charge in [-0.1, -0.05) is 6.92 Å². The van der Waals surface area contributed by atoms with Crippen molar-refractivity contribution in [1.82, 2.24) is 19.6 Å². The van der Waals surface area contributed by atoms with E-state index in [2.05, 4.69) is 16.7 Å². The largest absolute Gasteiger partial charge is 0.441 e.